The van der Waals surface area contributed by atoms with Crippen LogP contribution < -0.4 is 15.7 Å². The van der Waals surface area contributed by atoms with Gasteiger partial charge in [0.25, 0.3) is 5.91 Å². The Morgan fingerprint density at radius 1 is 1.21 bits per heavy atom. The maximum absolute atomic E-state index is 11.8. The van der Waals surface area contributed by atoms with Crippen LogP contribution in [0.3, 0.4) is 0 Å². The van der Waals surface area contributed by atoms with Gasteiger partial charge in [0.15, 0.2) is 0 Å². The number of aliphatic carboxylic acids is 1. The third-order valence-electron chi connectivity index (χ3n) is 2.63. The van der Waals surface area contributed by atoms with Gasteiger partial charge in [0, 0.05) is 11.3 Å². The van der Waals surface area contributed by atoms with Gasteiger partial charge in [0.05, 0.1) is 17.9 Å². The van der Waals surface area contributed by atoms with Crippen LogP contribution in [-0.4, -0.2) is 41.2 Å². The van der Waals surface area contributed by atoms with Crippen molar-refractivity contribution in [2.45, 2.75) is 32.4 Å². The number of carbonyl (C=O) groups is 3. The highest BCUT2D eigenvalue weighted by Gasteiger charge is 2.20. The number of alkyl carbamates (subject to hydrolysis) is 1. The third kappa shape index (κ3) is 7.87. The molecule has 0 aromatic heterocycles. The summed E-state index contributed by atoms with van der Waals surface area (Å²) in [5, 5.41) is 16.0. The van der Waals surface area contributed by atoms with E-state index in [2.05, 4.69) is 10.6 Å². The molecule has 7 nitrogen and oxygen atoms in total. The Labute approximate surface area is 145 Å². The van der Waals surface area contributed by atoms with Crippen molar-refractivity contribution in [2.24, 2.45) is 0 Å². The molecule has 1 aromatic rings. The van der Waals surface area contributed by atoms with Gasteiger partial charge in [0.2, 0.25) is 0 Å². The van der Waals surface area contributed by atoms with Crippen LogP contribution in [0.15, 0.2) is 30.3 Å². The van der Waals surface area contributed by atoms with E-state index in [1.165, 1.54) is 0 Å². The Morgan fingerprint density at radius 3 is 2.38 bits per heavy atom. The summed E-state index contributed by atoms with van der Waals surface area (Å²) in [6, 6.07) is 7.44. The third-order valence-corrected chi connectivity index (χ3v) is 3.55. The Hall–Kier alpha value is -2.22. The lowest BCUT2D eigenvalue weighted by Crippen LogP contribution is -2.50. The lowest BCUT2D eigenvalue weighted by molar-refractivity contribution is -0.307. The van der Waals surface area contributed by atoms with E-state index < -0.39 is 23.7 Å². The van der Waals surface area contributed by atoms with E-state index >= 15 is 0 Å². The minimum Gasteiger partial charge on any atom is -0.548 e. The van der Waals surface area contributed by atoms with E-state index in [-0.39, 0.29) is 17.5 Å². The average Bonchev–Trinajstić information content (AvgIpc) is 2.48. The summed E-state index contributed by atoms with van der Waals surface area (Å²) in [6.07, 6.45) is -0.828. The number of nitrogens with one attached hydrogen (secondary N) is 2. The molecule has 0 radical (unpaired) electrons. The number of thioether (sulfide) groups is 1. The van der Waals surface area contributed by atoms with Crippen LogP contribution in [0.4, 0.5) is 4.79 Å². The van der Waals surface area contributed by atoms with E-state index in [4.69, 9.17) is 4.74 Å². The number of ether oxygens (including phenoxy) is 1. The van der Waals surface area contributed by atoms with Gasteiger partial charge in [0.1, 0.15) is 5.60 Å². The van der Waals surface area contributed by atoms with Crippen LogP contribution in [-0.2, 0) is 9.53 Å². The Morgan fingerprint density at radius 2 is 1.83 bits per heavy atom. The number of hydrogen-bond acceptors (Lipinski definition) is 6. The molecule has 24 heavy (non-hydrogen) atoms. The van der Waals surface area contributed by atoms with Crippen LogP contribution in [0.5, 0.6) is 0 Å². The summed E-state index contributed by atoms with van der Waals surface area (Å²) in [5.74, 6) is -1.43. The molecule has 0 aliphatic carbocycles. The zero-order valence-corrected chi connectivity index (χ0v) is 14.6. The molecule has 2 amide bonds. The summed E-state index contributed by atoms with van der Waals surface area (Å²) in [6.45, 7) is 5.03. The molecule has 0 saturated heterocycles. The average molecular weight is 353 g/mol. The highest BCUT2D eigenvalue weighted by atomic mass is 32.2. The summed E-state index contributed by atoms with van der Waals surface area (Å²) in [7, 11) is 0. The highest BCUT2D eigenvalue weighted by molar-refractivity contribution is 7.99. The van der Waals surface area contributed by atoms with Crippen LogP contribution in [0.2, 0.25) is 0 Å². The summed E-state index contributed by atoms with van der Waals surface area (Å²) >= 11 is 1.15. The Bertz CT molecular complexity index is 572. The fraction of sp³-hybridized carbons (Fsp3) is 0.438. The fourth-order valence-electron chi connectivity index (χ4n) is 1.60. The minimum atomic E-state index is -1.41. The number of carboxylic acid groups (broad SMARTS) is 1. The van der Waals surface area contributed by atoms with Crippen molar-refractivity contribution in [2.75, 3.05) is 11.6 Å². The second-order valence-corrected chi connectivity index (χ2v) is 6.94. The first-order valence-corrected chi connectivity index (χ1v) is 8.46. The van der Waals surface area contributed by atoms with Crippen molar-refractivity contribution >= 4 is 29.7 Å². The van der Waals surface area contributed by atoms with Gasteiger partial charge in [-0.1, -0.05) is 18.2 Å². The van der Waals surface area contributed by atoms with Crippen LogP contribution in [0.25, 0.3) is 0 Å². The molecule has 2 N–H and O–H groups in total. The van der Waals surface area contributed by atoms with Crippen molar-refractivity contribution in [3.05, 3.63) is 35.9 Å². The molecule has 1 rings (SSSR count). The number of benzene rings is 1. The van der Waals surface area contributed by atoms with Crippen molar-refractivity contribution in [3.8, 4) is 0 Å². The van der Waals surface area contributed by atoms with Crippen molar-refractivity contribution in [1.29, 1.82) is 0 Å². The SMILES string of the molecule is CC(C)(C)OC(=O)N[C@@H](CSCNC(=O)c1ccccc1)C(=O)[O-]. The van der Waals surface area contributed by atoms with Gasteiger partial charge in [-0.2, -0.15) is 0 Å². The molecule has 0 aliphatic rings. The monoisotopic (exact) mass is 353 g/mol. The summed E-state index contributed by atoms with van der Waals surface area (Å²) in [4.78, 5) is 34.5. The number of carbonyl (C=O) groups excluding carboxylic acids is 3. The molecular formula is C16H21N2O5S-. The van der Waals surface area contributed by atoms with E-state index in [9.17, 15) is 19.5 Å². The van der Waals surface area contributed by atoms with Gasteiger partial charge >= 0.3 is 6.09 Å². The van der Waals surface area contributed by atoms with E-state index in [0.29, 0.717) is 5.56 Å². The summed E-state index contributed by atoms with van der Waals surface area (Å²) in [5.41, 5.74) is -0.210. The molecule has 0 aliphatic heterocycles. The van der Waals surface area contributed by atoms with Gasteiger partial charge in [-0.05, 0) is 32.9 Å². The molecule has 1 atom stereocenters. The van der Waals surface area contributed by atoms with Gasteiger partial charge in [-0.3, -0.25) is 4.79 Å². The minimum absolute atomic E-state index is 0.0383. The smallest absolute Gasteiger partial charge is 0.408 e. The standard InChI is InChI=1S/C16H22N2O5S/c1-16(2,3)23-15(22)18-12(14(20)21)9-24-10-17-13(19)11-7-5-4-6-8-11/h4-8,12H,9-10H2,1-3H3,(H,17,19)(H,18,22)(H,20,21)/p-1/t12-/m0/s1. The molecule has 132 valence electrons. The number of rotatable bonds is 7. The number of amides is 2. The van der Waals surface area contributed by atoms with Gasteiger partial charge < -0.3 is 25.3 Å². The predicted octanol–water partition coefficient (Wildman–Crippen LogP) is 0.750. The lowest BCUT2D eigenvalue weighted by atomic mass is 10.2. The maximum Gasteiger partial charge on any atom is 0.408 e. The zero-order chi connectivity index (χ0) is 18.2. The molecule has 0 heterocycles. The topological polar surface area (TPSA) is 108 Å². The van der Waals surface area contributed by atoms with Crippen LogP contribution in [0, 0.1) is 0 Å². The van der Waals surface area contributed by atoms with Crippen molar-refractivity contribution in [3.63, 3.8) is 0 Å². The molecular weight excluding hydrogens is 332 g/mol. The number of carboxylic acids is 1. The largest absolute Gasteiger partial charge is 0.548 e. The van der Waals surface area contributed by atoms with Gasteiger partial charge in [-0.15, -0.1) is 11.8 Å². The van der Waals surface area contributed by atoms with E-state index in [1.807, 2.05) is 0 Å². The fourth-order valence-corrected chi connectivity index (χ4v) is 2.41. The molecule has 0 spiro atoms. The first-order valence-electron chi connectivity index (χ1n) is 7.30. The van der Waals surface area contributed by atoms with Crippen molar-refractivity contribution in [1.82, 2.24) is 10.6 Å². The lowest BCUT2D eigenvalue weighted by Gasteiger charge is -2.24. The number of hydrogen-bond donors (Lipinski definition) is 2. The Balaban J connectivity index is 2.38. The van der Waals surface area contributed by atoms with Gasteiger partial charge in [-0.25, -0.2) is 4.79 Å². The quantitative estimate of drug-likeness (QED) is 0.553. The summed E-state index contributed by atoms with van der Waals surface area (Å²) < 4.78 is 5.00. The Kier molecular flexibility index (Phi) is 7.57. The molecule has 1 aromatic carbocycles. The molecule has 8 heteroatoms. The van der Waals surface area contributed by atoms with Crippen LogP contribution in [0.1, 0.15) is 31.1 Å². The first-order chi connectivity index (χ1) is 11.2. The highest BCUT2D eigenvalue weighted by Crippen LogP contribution is 2.08. The second kappa shape index (κ2) is 9.17. The molecule has 0 unspecified atom stereocenters. The van der Waals surface area contributed by atoms with Crippen molar-refractivity contribution < 1.29 is 24.2 Å². The molecule has 0 bridgehead atoms. The normalized spacial score (nSPS) is 12.1. The van der Waals surface area contributed by atoms with E-state index in [0.717, 1.165) is 11.8 Å². The molecule has 0 fully saturated rings. The maximum atomic E-state index is 11.8. The van der Waals surface area contributed by atoms with E-state index in [1.54, 1.807) is 51.1 Å². The second-order valence-electron chi connectivity index (χ2n) is 5.90. The molecule has 0 saturated carbocycles. The predicted molar refractivity (Wildman–Crippen MR) is 89.4 cm³/mol. The first kappa shape index (κ1) is 19.8. The van der Waals surface area contributed by atoms with Crippen LogP contribution >= 0.6 is 11.8 Å². The zero-order valence-electron chi connectivity index (χ0n) is 13.8.